The maximum Gasteiger partial charge on any atom is 0.324 e. The van der Waals surface area contributed by atoms with Crippen molar-refractivity contribution in [3.8, 4) is 5.75 Å². The van der Waals surface area contributed by atoms with Gasteiger partial charge in [-0.15, -0.1) is 0 Å². The topological polar surface area (TPSA) is 145 Å². The summed E-state index contributed by atoms with van der Waals surface area (Å²) in [4.78, 5) is 36.7. The SMILES string of the molecule is CCC(=O)c1ccc(OC2(c3ccc(F)cc3)CN(S(=O)(=O)c3cccc(C[C@H](N)C(=O)OC(C)C(=O)NC(C)C)c3)C2)cc1. The summed E-state index contributed by atoms with van der Waals surface area (Å²) in [6.07, 6.45) is -0.690. The smallest absolute Gasteiger partial charge is 0.324 e. The second-order valence-electron chi connectivity index (χ2n) is 11.4. The first-order valence-corrected chi connectivity index (χ1v) is 16.1. The first-order valence-electron chi connectivity index (χ1n) is 14.7. The Labute approximate surface area is 262 Å². The van der Waals surface area contributed by atoms with Crippen molar-refractivity contribution in [3.63, 3.8) is 0 Å². The summed E-state index contributed by atoms with van der Waals surface area (Å²) in [6.45, 7) is 6.68. The van der Waals surface area contributed by atoms with Crippen LogP contribution >= 0.6 is 0 Å². The Balaban J connectivity index is 1.48. The predicted molar refractivity (Wildman–Crippen MR) is 165 cm³/mol. The third kappa shape index (κ3) is 7.94. The summed E-state index contributed by atoms with van der Waals surface area (Å²) in [5.41, 5.74) is 6.57. The average Bonchev–Trinajstić information content (AvgIpc) is 2.98. The molecule has 1 aliphatic heterocycles. The Kier molecular flexibility index (Phi) is 10.4. The third-order valence-corrected chi connectivity index (χ3v) is 9.22. The van der Waals surface area contributed by atoms with E-state index >= 15 is 0 Å². The predicted octanol–water partition coefficient (Wildman–Crippen LogP) is 3.72. The number of halogens is 1. The lowest BCUT2D eigenvalue weighted by Crippen LogP contribution is -2.64. The van der Waals surface area contributed by atoms with Gasteiger partial charge in [-0.25, -0.2) is 12.8 Å². The van der Waals surface area contributed by atoms with E-state index < -0.39 is 45.5 Å². The van der Waals surface area contributed by atoms with Gasteiger partial charge in [0.1, 0.15) is 17.6 Å². The van der Waals surface area contributed by atoms with E-state index in [2.05, 4.69) is 5.32 Å². The van der Waals surface area contributed by atoms with E-state index in [-0.39, 0.29) is 36.2 Å². The number of nitrogens with zero attached hydrogens (tertiary/aromatic N) is 1. The van der Waals surface area contributed by atoms with Crippen molar-refractivity contribution in [1.29, 1.82) is 0 Å². The highest BCUT2D eigenvalue weighted by atomic mass is 32.2. The highest BCUT2D eigenvalue weighted by Gasteiger charge is 2.52. The van der Waals surface area contributed by atoms with Gasteiger partial charge >= 0.3 is 5.97 Å². The lowest BCUT2D eigenvalue weighted by molar-refractivity contribution is -0.156. The van der Waals surface area contributed by atoms with Crippen LogP contribution in [0.3, 0.4) is 0 Å². The first-order chi connectivity index (χ1) is 21.2. The monoisotopic (exact) mass is 639 g/mol. The minimum Gasteiger partial charge on any atom is -0.480 e. The summed E-state index contributed by atoms with van der Waals surface area (Å²) < 4.78 is 53.9. The molecule has 0 bridgehead atoms. The van der Waals surface area contributed by atoms with Crippen LogP contribution in [-0.2, 0) is 36.4 Å². The standard InChI is InChI=1S/C33H38FN3O7S/c1-5-30(38)24-9-15-27(16-10-24)44-33(25-11-13-26(34)14-12-25)19-37(20-33)45(41,42)28-8-6-7-23(17-28)18-29(35)32(40)43-22(4)31(39)36-21(2)3/h6-17,21-22,29H,5,18-20,35H2,1-4H3,(H,36,39)/t22?,29-/m0/s1. The van der Waals surface area contributed by atoms with Crippen molar-refractivity contribution in [1.82, 2.24) is 9.62 Å². The van der Waals surface area contributed by atoms with Crippen LogP contribution in [0.5, 0.6) is 5.75 Å². The van der Waals surface area contributed by atoms with E-state index in [9.17, 15) is 27.2 Å². The number of carbonyl (C=O) groups excluding carboxylic acids is 3. The Bertz CT molecular complexity index is 1640. The quantitative estimate of drug-likeness (QED) is 0.213. The molecule has 0 aliphatic carbocycles. The number of nitrogens with two attached hydrogens (primary N) is 1. The lowest BCUT2D eigenvalue weighted by atomic mass is 9.87. The van der Waals surface area contributed by atoms with E-state index in [4.69, 9.17) is 15.2 Å². The molecule has 240 valence electrons. The molecule has 1 saturated heterocycles. The van der Waals surface area contributed by atoms with Gasteiger partial charge in [-0.2, -0.15) is 4.31 Å². The van der Waals surface area contributed by atoms with Gasteiger partial charge in [0.05, 0.1) is 18.0 Å². The van der Waals surface area contributed by atoms with E-state index in [1.54, 1.807) is 69.3 Å². The van der Waals surface area contributed by atoms with Gasteiger partial charge in [-0.05, 0) is 86.8 Å². The zero-order chi connectivity index (χ0) is 32.9. The van der Waals surface area contributed by atoms with Crippen molar-refractivity contribution in [2.45, 2.75) is 69.2 Å². The summed E-state index contributed by atoms with van der Waals surface area (Å²) in [5, 5.41) is 2.66. The summed E-state index contributed by atoms with van der Waals surface area (Å²) in [6, 6.07) is 17.2. The molecule has 1 amide bonds. The molecule has 0 saturated carbocycles. The van der Waals surface area contributed by atoms with Gasteiger partial charge in [0.25, 0.3) is 5.91 Å². The van der Waals surface area contributed by atoms with Crippen LogP contribution in [0.15, 0.2) is 77.7 Å². The minimum atomic E-state index is -4.00. The van der Waals surface area contributed by atoms with Crippen LogP contribution in [0.4, 0.5) is 4.39 Å². The number of ether oxygens (including phenoxy) is 2. The zero-order valence-electron chi connectivity index (χ0n) is 25.7. The molecule has 12 heteroatoms. The van der Waals surface area contributed by atoms with E-state index in [0.29, 0.717) is 28.9 Å². The number of hydrogen-bond donors (Lipinski definition) is 2. The van der Waals surface area contributed by atoms with Crippen LogP contribution in [0, 0.1) is 5.82 Å². The molecular formula is C33H38FN3O7S. The van der Waals surface area contributed by atoms with Gasteiger partial charge in [0.15, 0.2) is 17.5 Å². The lowest BCUT2D eigenvalue weighted by Gasteiger charge is -2.48. The largest absolute Gasteiger partial charge is 0.480 e. The Hall–Kier alpha value is -4.13. The summed E-state index contributed by atoms with van der Waals surface area (Å²) >= 11 is 0. The molecule has 1 aliphatic rings. The average molecular weight is 640 g/mol. The van der Waals surface area contributed by atoms with Crippen LogP contribution in [-0.4, -0.2) is 61.7 Å². The van der Waals surface area contributed by atoms with E-state index in [1.807, 2.05) is 0 Å². The molecule has 10 nitrogen and oxygen atoms in total. The molecule has 0 spiro atoms. The molecule has 3 aromatic carbocycles. The molecule has 4 rings (SSSR count). The molecule has 2 atom stereocenters. The molecule has 1 unspecified atom stereocenters. The maximum atomic E-state index is 13.8. The second kappa shape index (κ2) is 13.9. The van der Waals surface area contributed by atoms with Crippen LogP contribution in [0.25, 0.3) is 0 Å². The number of benzene rings is 3. The number of Topliss-reactive ketones (excluding diaryl/α,β-unsaturated/α-hetero) is 1. The van der Waals surface area contributed by atoms with Crippen molar-refractivity contribution in [2.75, 3.05) is 13.1 Å². The van der Waals surface area contributed by atoms with Gasteiger partial charge in [-0.1, -0.05) is 31.2 Å². The highest BCUT2D eigenvalue weighted by Crippen LogP contribution is 2.40. The molecule has 0 radical (unpaired) electrons. The fourth-order valence-electron chi connectivity index (χ4n) is 4.93. The maximum absolute atomic E-state index is 13.8. The molecule has 1 fully saturated rings. The van der Waals surface area contributed by atoms with Crippen molar-refractivity contribution in [2.24, 2.45) is 5.73 Å². The fourth-order valence-corrected chi connectivity index (χ4v) is 6.53. The number of amides is 1. The number of nitrogens with one attached hydrogen (secondary N) is 1. The van der Waals surface area contributed by atoms with E-state index in [0.717, 1.165) is 0 Å². The summed E-state index contributed by atoms with van der Waals surface area (Å²) in [5.74, 6) is -1.25. The van der Waals surface area contributed by atoms with Crippen LogP contribution in [0.2, 0.25) is 0 Å². The minimum absolute atomic E-state index is 0.000355. The number of hydrogen-bond acceptors (Lipinski definition) is 8. The number of ketones is 1. The van der Waals surface area contributed by atoms with Crippen molar-refractivity contribution < 1.29 is 36.7 Å². The third-order valence-electron chi connectivity index (χ3n) is 7.43. The number of esters is 1. The normalized spacial score (nSPS) is 15.9. The van der Waals surface area contributed by atoms with Crippen molar-refractivity contribution >= 4 is 27.7 Å². The molecule has 1 heterocycles. The van der Waals surface area contributed by atoms with Crippen molar-refractivity contribution in [3.05, 3.63) is 95.3 Å². The summed E-state index contributed by atoms with van der Waals surface area (Å²) in [7, 11) is -4.00. The van der Waals surface area contributed by atoms with Gasteiger partial charge in [0.2, 0.25) is 10.0 Å². The molecule has 3 aromatic rings. The van der Waals surface area contributed by atoms with Crippen LogP contribution in [0.1, 0.15) is 55.6 Å². The Morgan fingerprint density at radius 2 is 1.64 bits per heavy atom. The van der Waals surface area contributed by atoms with Gasteiger partial charge in [0, 0.05) is 18.0 Å². The Morgan fingerprint density at radius 1 is 1.00 bits per heavy atom. The van der Waals surface area contributed by atoms with Gasteiger partial charge < -0.3 is 20.5 Å². The number of sulfonamides is 1. The fraction of sp³-hybridized carbons (Fsp3) is 0.364. The van der Waals surface area contributed by atoms with Gasteiger partial charge in [-0.3, -0.25) is 14.4 Å². The number of rotatable bonds is 13. The molecular weight excluding hydrogens is 601 g/mol. The number of carbonyl (C=O) groups is 3. The molecule has 0 aromatic heterocycles. The highest BCUT2D eigenvalue weighted by molar-refractivity contribution is 7.89. The molecule has 3 N–H and O–H groups in total. The van der Waals surface area contributed by atoms with E-state index in [1.165, 1.54) is 35.5 Å². The van der Waals surface area contributed by atoms with Crippen LogP contribution < -0.4 is 15.8 Å². The second-order valence-corrected chi connectivity index (χ2v) is 13.3. The Morgan fingerprint density at radius 3 is 2.24 bits per heavy atom. The molecule has 45 heavy (non-hydrogen) atoms. The first kappa shape index (κ1) is 33.8. The zero-order valence-corrected chi connectivity index (χ0v) is 26.5.